The Bertz CT molecular complexity index is 878. The van der Waals surface area contributed by atoms with Crippen LogP contribution in [0.1, 0.15) is 82.2 Å². The summed E-state index contributed by atoms with van der Waals surface area (Å²) in [6.45, 7) is 7.08. The summed E-state index contributed by atoms with van der Waals surface area (Å²) in [7, 11) is 0. The lowest BCUT2D eigenvalue weighted by molar-refractivity contribution is -0.0383. The normalized spacial score (nSPS) is 20.1. The molecule has 0 bridgehead atoms. The molecule has 1 aliphatic heterocycles. The van der Waals surface area contributed by atoms with Gasteiger partial charge in [-0.3, -0.25) is 4.57 Å². The number of nitrogens with zero attached hydrogens (tertiary/aromatic N) is 2. The summed E-state index contributed by atoms with van der Waals surface area (Å²) < 4.78 is 9.30. The fourth-order valence-corrected chi connectivity index (χ4v) is 7.14. The minimum atomic E-state index is -0.136. The Morgan fingerprint density at radius 1 is 1.30 bits per heavy atom. The molecule has 1 aliphatic carbocycles. The number of aromatic nitrogens is 2. The summed E-state index contributed by atoms with van der Waals surface area (Å²) in [6, 6.07) is 0.319. The van der Waals surface area contributed by atoms with Gasteiger partial charge >= 0.3 is 5.69 Å². The highest BCUT2D eigenvalue weighted by molar-refractivity contribution is 7.99. The molecule has 0 N–H and O–H groups in total. The van der Waals surface area contributed by atoms with Gasteiger partial charge in [-0.2, -0.15) is 4.98 Å². The van der Waals surface area contributed by atoms with E-state index >= 15 is 0 Å². The fourth-order valence-electron chi connectivity index (χ4n) is 4.22. The molecular formula is C21H30N2O2S2. The summed E-state index contributed by atoms with van der Waals surface area (Å²) >= 11 is 3.72. The minimum absolute atomic E-state index is 0.0566. The van der Waals surface area contributed by atoms with Gasteiger partial charge in [0.25, 0.3) is 0 Å². The van der Waals surface area contributed by atoms with E-state index in [1.54, 1.807) is 0 Å². The number of hydrogen-bond donors (Lipinski definition) is 0. The van der Waals surface area contributed by atoms with Crippen LogP contribution in [-0.4, -0.2) is 20.9 Å². The lowest BCUT2D eigenvalue weighted by Crippen LogP contribution is -2.31. The lowest BCUT2D eigenvalue weighted by atomic mass is 9.95. The van der Waals surface area contributed by atoms with Gasteiger partial charge in [-0.05, 0) is 38.9 Å². The molecule has 0 spiro atoms. The van der Waals surface area contributed by atoms with Gasteiger partial charge in [-0.15, -0.1) is 23.1 Å². The topological polar surface area (TPSA) is 44.1 Å². The molecule has 6 heteroatoms. The van der Waals surface area contributed by atoms with Crippen LogP contribution in [0.3, 0.4) is 0 Å². The van der Waals surface area contributed by atoms with Crippen molar-refractivity contribution in [2.45, 2.75) is 95.4 Å². The molecule has 148 valence electrons. The molecule has 1 fully saturated rings. The molecule has 4 nitrogen and oxygen atoms in total. The zero-order valence-electron chi connectivity index (χ0n) is 16.7. The van der Waals surface area contributed by atoms with Crippen molar-refractivity contribution in [3.63, 3.8) is 0 Å². The van der Waals surface area contributed by atoms with Gasteiger partial charge in [0, 0.05) is 22.9 Å². The van der Waals surface area contributed by atoms with E-state index < -0.39 is 0 Å². The van der Waals surface area contributed by atoms with Crippen LogP contribution in [0, 0.1) is 0 Å². The summed E-state index contributed by atoms with van der Waals surface area (Å²) in [6.07, 6.45) is 9.20. The van der Waals surface area contributed by atoms with Gasteiger partial charge in [0.2, 0.25) is 0 Å². The Labute approximate surface area is 169 Å². The number of thiophene rings is 1. The number of ether oxygens (including phenoxy) is 1. The van der Waals surface area contributed by atoms with Crippen LogP contribution < -0.4 is 5.69 Å². The number of fused-ring (bicyclic) bond motifs is 3. The van der Waals surface area contributed by atoms with E-state index in [4.69, 9.17) is 4.74 Å². The standard InChI is InChI=1S/C21H30N2O2S2/c1-4-5-11-26-19-18-17(15-13-25-21(2,3)12-16(15)27-18)22-20(24)23(19)14-9-7-6-8-10-14/h14H,4-13H2,1-3H3. The number of hydrogen-bond acceptors (Lipinski definition) is 5. The average Bonchev–Trinajstić information content (AvgIpc) is 2.98. The quantitative estimate of drug-likeness (QED) is 0.362. The Balaban J connectivity index is 1.85. The predicted octanol–water partition coefficient (Wildman–Crippen LogP) is 5.71. The first kappa shape index (κ1) is 19.5. The summed E-state index contributed by atoms with van der Waals surface area (Å²) in [5.41, 5.74) is 1.86. The maximum absolute atomic E-state index is 13.1. The van der Waals surface area contributed by atoms with Crippen LogP contribution in [0.2, 0.25) is 0 Å². The van der Waals surface area contributed by atoms with Crippen molar-refractivity contribution in [1.82, 2.24) is 9.55 Å². The van der Waals surface area contributed by atoms with Gasteiger partial charge in [-0.25, -0.2) is 4.79 Å². The van der Waals surface area contributed by atoms with E-state index in [9.17, 15) is 4.79 Å². The fraction of sp³-hybridized carbons (Fsp3) is 0.714. The molecule has 1 saturated carbocycles. The van der Waals surface area contributed by atoms with Crippen molar-refractivity contribution in [1.29, 1.82) is 0 Å². The van der Waals surface area contributed by atoms with E-state index in [2.05, 4.69) is 30.3 Å². The molecule has 0 atom stereocenters. The lowest BCUT2D eigenvalue weighted by Gasteiger charge is -2.29. The van der Waals surface area contributed by atoms with Crippen LogP contribution in [-0.2, 0) is 17.8 Å². The summed E-state index contributed by atoms with van der Waals surface area (Å²) in [5, 5.41) is 1.17. The highest BCUT2D eigenvalue weighted by atomic mass is 32.2. The van der Waals surface area contributed by atoms with Gasteiger partial charge in [-0.1, -0.05) is 32.6 Å². The highest BCUT2D eigenvalue weighted by Gasteiger charge is 2.32. The highest BCUT2D eigenvalue weighted by Crippen LogP contribution is 2.42. The van der Waals surface area contributed by atoms with E-state index in [1.165, 1.54) is 46.7 Å². The summed E-state index contributed by atoms with van der Waals surface area (Å²) in [5.74, 6) is 1.06. The third-order valence-electron chi connectivity index (χ3n) is 5.76. The first-order valence-electron chi connectivity index (χ1n) is 10.3. The average molecular weight is 407 g/mol. The first-order valence-corrected chi connectivity index (χ1v) is 12.1. The molecule has 3 heterocycles. The molecule has 2 aliphatic rings. The molecule has 0 radical (unpaired) electrons. The van der Waals surface area contributed by atoms with Crippen LogP contribution in [0.15, 0.2) is 9.82 Å². The van der Waals surface area contributed by atoms with Crippen molar-refractivity contribution in [3.05, 3.63) is 20.9 Å². The predicted molar refractivity (Wildman–Crippen MR) is 114 cm³/mol. The number of thioether (sulfide) groups is 1. The van der Waals surface area contributed by atoms with Gasteiger partial charge in [0.05, 0.1) is 27.5 Å². The molecule has 27 heavy (non-hydrogen) atoms. The maximum atomic E-state index is 13.1. The van der Waals surface area contributed by atoms with Gasteiger partial charge < -0.3 is 4.74 Å². The number of unbranched alkanes of at least 4 members (excludes halogenated alkanes) is 1. The van der Waals surface area contributed by atoms with Gasteiger partial charge in [0.1, 0.15) is 0 Å². The zero-order chi connectivity index (χ0) is 19.0. The molecule has 0 amide bonds. The summed E-state index contributed by atoms with van der Waals surface area (Å²) in [4.78, 5) is 19.0. The smallest absolute Gasteiger partial charge is 0.349 e. The Hall–Kier alpha value is -0.850. The van der Waals surface area contributed by atoms with Crippen LogP contribution in [0.4, 0.5) is 0 Å². The monoisotopic (exact) mass is 406 g/mol. The van der Waals surface area contributed by atoms with Crippen molar-refractivity contribution in [2.75, 3.05) is 5.75 Å². The largest absolute Gasteiger partial charge is 0.370 e. The third-order valence-corrected chi connectivity index (χ3v) is 8.28. The van der Waals surface area contributed by atoms with E-state index in [0.717, 1.165) is 36.1 Å². The zero-order valence-corrected chi connectivity index (χ0v) is 18.3. The molecule has 0 saturated heterocycles. The second-order valence-corrected chi connectivity index (χ2v) is 10.7. The van der Waals surface area contributed by atoms with E-state index in [1.807, 2.05) is 23.1 Å². The van der Waals surface area contributed by atoms with Gasteiger partial charge in [0.15, 0.2) is 0 Å². The van der Waals surface area contributed by atoms with Crippen molar-refractivity contribution in [3.8, 4) is 0 Å². The second-order valence-electron chi connectivity index (χ2n) is 8.47. The molecule has 2 aromatic heterocycles. The Morgan fingerprint density at radius 2 is 2.07 bits per heavy atom. The molecule has 4 rings (SSSR count). The molecule has 2 aromatic rings. The van der Waals surface area contributed by atoms with Crippen LogP contribution in [0.5, 0.6) is 0 Å². The Kier molecular flexibility index (Phi) is 5.68. The van der Waals surface area contributed by atoms with Crippen molar-refractivity contribution in [2.24, 2.45) is 0 Å². The number of rotatable bonds is 5. The van der Waals surface area contributed by atoms with Crippen LogP contribution >= 0.6 is 23.1 Å². The van der Waals surface area contributed by atoms with Crippen LogP contribution in [0.25, 0.3) is 10.2 Å². The molecule has 0 aromatic carbocycles. The Morgan fingerprint density at radius 3 is 2.81 bits per heavy atom. The SMILES string of the molecule is CCCCSc1c2sc3c(c2nc(=O)n1C1CCCCC1)COC(C)(C)C3. The minimum Gasteiger partial charge on any atom is -0.370 e. The molecule has 0 unspecified atom stereocenters. The van der Waals surface area contributed by atoms with E-state index in [0.29, 0.717) is 12.6 Å². The third kappa shape index (κ3) is 3.85. The van der Waals surface area contributed by atoms with Crippen molar-refractivity contribution < 1.29 is 4.74 Å². The maximum Gasteiger partial charge on any atom is 0.349 e. The first-order chi connectivity index (χ1) is 13.0. The van der Waals surface area contributed by atoms with E-state index in [-0.39, 0.29) is 11.3 Å². The second kappa shape index (κ2) is 7.88. The molecular weight excluding hydrogens is 376 g/mol. The van der Waals surface area contributed by atoms with Crippen molar-refractivity contribution >= 4 is 33.3 Å².